The van der Waals surface area contributed by atoms with Crippen LogP contribution in [0.25, 0.3) is 0 Å². The summed E-state index contributed by atoms with van der Waals surface area (Å²) in [5.41, 5.74) is 0.369. The van der Waals surface area contributed by atoms with Crippen molar-refractivity contribution in [3.8, 4) is 0 Å². The molecule has 1 aliphatic carbocycles. The van der Waals surface area contributed by atoms with Gasteiger partial charge in [0.2, 0.25) is 0 Å². The van der Waals surface area contributed by atoms with Gasteiger partial charge in [-0.05, 0) is 51.7 Å². The van der Waals surface area contributed by atoms with Crippen molar-refractivity contribution >= 4 is 17.9 Å². The number of nitrogens with zero attached hydrogens (tertiary/aromatic N) is 1. The Balaban J connectivity index is 1.72. The maximum Gasteiger partial charge on any atom is 0.407 e. The standard InChI is InChI=1S/C16H24N2O2S/c1-16(2,3)20-15(19)18-9-13-7-8-14(10-17-13)21-11-12-5-4-6-12/h7-8,10,12H,4-6,9,11H2,1-3H3,(H,18,19). The molecule has 1 fully saturated rings. The van der Waals surface area contributed by atoms with Gasteiger partial charge in [-0.2, -0.15) is 0 Å². The van der Waals surface area contributed by atoms with E-state index in [-0.39, 0.29) is 0 Å². The molecule has 1 saturated carbocycles. The molecule has 0 radical (unpaired) electrons. The first kappa shape index (κ1) is 16.1. The highest BCUT2D eigenvalue weighted by atomic mass is 32.2. The average molecular weight is 308 g/mol. The summed E-state index contributed by atoms with van der Waals surface area (Å²) in [6.07, 6.45) is 5.61. The van der Waals surface area contributed by atoms with Crippen LogP contribution in [0.15, 0.2) is 23.2 Å². The Hall–Kier alpha value is -1.23. The van der Waals surface area contributed by atoms with E-state index in [0.29, 0.717) is 6.54 Å². The van der Waals surface area contributed by atoms with E-state index in [0.717, 1.165) is 11.6 Å². The Bertz CT molecular complexity index is 464. The number of thioether (sulfide) groups is 1. The number of hydrogen-bond acceptors (Lipinski definition) is 4. The van der Waals surface area contributed by atoms with E-state index in [4.69, 9.17) is 4.74 Å². The molecule has 21 heavy (non-hydrogen) atoms. The van der Waals surface area contributed by atoms with E-state index in [2.05, 4.69) is 16.4 Å². The summed E-state index contributed by atoms with van der Waals surface area (Å²) >= 11 is 1.87. The smallest absolute Gasteiger partial charge is 0.407 e. The molecule has 0 aromatic carbocycles. The molecular formula is C16H24N2O2S. The second-order valence-corrected chi connectivity index (χ2v) is 7.54. The lowest BCUT2D eigenvalue weighted by Crippen LogP contribution is -2.32. The van der Waals surface area contributed by atoms with Crippen LogP contribution in [-0.2, 0) is 11.3 Å². The third kappa shape index (κ3) is 5.96. The van der Waals surface area contributed by atoms with E-state index in [1.165, 1.54) is 29.9 Å². The van der Waals surface area contributed by atoms with Gasteiger partial charge in [-0.3, -0.25) is 4.98 Å². The lowest BCUT2D eigenvalue weighted by Gasteiger charge is -2.24. The van der Waals surface area contributed by atoms with Crippen LogP contribution in [0.1, 0.15) is 45.7 Å². The monoisotopic (exact) mass is 308 g/mol. The maximum atomic E-state index is 11.6. The molecule has 0 spiro atoms. The highest BCUT2D eigenvalue weighted by molar-refractivity contribution is 7.99. The van der Waals surface area contributed by atoms with Gasteiger partial charge in [-0.15, -0.1) is 11.8 Å². The number of aromatic nitrogens is 1. The number of rotatable bonds is 5. The fraction of sp³-hybridized carbons (Fsp3) is 0.625. The minimum atomic E-state index is -0.473. The van der Waals surface area contributed by atoms with Crippen LogP contribution in [0.4, 0.5) is 4.79 Å². The average Bonchev–Trinajstić information content (AvgIpc) is 2.34. The van der Waals surface area contributed by atoms with Crippen molar-refractivity contribution in [2.45, 2.75) is 57.1 Å². The zero-order valence-electron chi connectivity index (χ0n) is 13.0. The molecule has 1 aromatic rings. The fourth-order valence-corrected chi connectivity index (χ4v) is 3.00. The number of carbonyl (C=O) groups excluding carboxylic acids is 1. The zero-order valence-corrected chi connectivity index (χ0v) is 13.8. The lowest BCUT2D eigenvalue weighted by molar-refractivity contribution is 0.0523. The number of amides is 1. The van der Waals surface area contributed by atoms with E-state index in [1.807, 2.05) is 44.8 Å². The third-order valence-electron chi connectivity index (χ3n) is 3.32. The topological polar surface area (TPSA) is 51.2 Å². The molecule has 116 valence electrons. The maximum absolute atomic E-state index is 11.6. The fourth-order valence-electron chi connectivity index (χ4n) is 1.95. The largest absolute Gasteiger partial charge is 0.444 e. The first-order valence-electron chi connectivity index (χ1n) is 7.47. The van der Waals surface area contributed by atoms with Gasteiger partial charge in [0.1, 0.15) is 5.60 Å². The summed E-state index contributed by atoms with van der Waals surface area (Å²) < 4.78 is 5.18. The number of alkyl carbamates (subject to hydrolysis) is 1. The van der Waals surface area contributed by atoms with Gasteiger partial charge in [0, 0.05) is 16.8 Å². The van der Waals surface area contributed by atoms with Gasteiger partial charge >= 0.3 is 6.09 Å². The van der Waals surface area contributed by atoms with Crippen molar-refractivity contribution in [1.82, 2.24) is 10.3 Å². The van der Waals surface area contributed by atoms with E-state index < -0.39 is 11.7 Å². The van der Waals surface area contributed by atoms with Crippen LogP contribution in [0.3, 0.4) is 0 Å². The van der Waals surface area contributed by atoms with Gasteiger partial charge in [0.05, 0.1) is 12.2 Å². The normalized spacial score (nSPS) is 15.4. The molecule has 0 bridgehead atoms. The highest BCUT2D eigenvalue weighted by Gasteiger charge is 2.17. The van der Waals surface area contributed by atoms with Crippen LogP contribution in [0.2, 0.25) is 0 Å². The summed E-state index contributed by atoms with van der Waals surface area (Å²) in [6, 6.07) is 4.03. The Morgan fingerprint density at radius 1 is 1.43 bits per heavy atom. The lowest BCUT2D eigenvalue weighted by atomic mass is 9.87. The molecular weight excluding hydrogens is 284 g/mol. The summed E-state index contributed by atoms with van der Waals surface area (Å²) in [5, 5.41) is 2.71. The van der Waals surface area contributed by atoms with Crippen molar-refractivity contribution in [2.24, 2.45) is 5.92 Å². The Morgan fingerprint density at radius 2 is 2.19 bits per heavy atom. The summed E-state index contributed by atoms with van der Waals surface area (Å²) in [6.45, 7) is 5.93. The van der Waals surface area contributed by atoms with Gasteiger partial charge in [-0.25, -0.2) is 4.79 Å². The van der Waals surface area contributed by atoms with Crippen LogP contribution in [0, 0.1) is 5.92 Å². The number of carbonyl (C=O) groups is 1. The molecule has 0 unspecified atom stereocenters. The molecule has 1 amide bonds. The van der Waals surface area contributed by atoms with Crippen molar-refractivity contribution in [3.05, 3.63) is 24.0 Å². The molecule has 2 rings (SSSR count). The van der Waals surface area contributed by atoms with Gasteiger partial charge < -0.3 is 10.1 Å². The zero-order chi connectivity index (χ0) is 15.3. The van der Waals surface area contributed by atoms with Gasteiger partial charge in [0.15, 0.2) is 0 Å². The first-order valence-corrected chi connectivity index (χ1v) is 8.45. The van der Waals surface area contributed by atoms with E-state index in [1.54, 1.807) is 0 Å². The molecule has 1 aromatic heterocycles. The second-order valence-electron chi connectivity index (χ2n) is 6.45. The SMILES string of the molecule is CC(C)(C)OC(=O)NCc1ccc(SCC2CCC2)cn1. The Morgan fingerprint density at radius 3 is 2.71 bits per heavy atom. The molecule has 0 atom stereocenters. The number of pyridine rings is 1. The predicted molar refractivity (Wildman–Crippen MR) is 85.4 cm³/mol. The number of ether oxygens (including phenoxy) is 1. The van der Waals surface area contributed by atoms with Crippen LogP contribution in [0.5, 0.6) is 0 Å². The molecule has 0 aliphatic heterocycles. The third-order valence-corrected chi connectivity index (χ3v) is 4.53. The van der Waals surface area contributed by atoms with Gasteiger partial charge in [-0.1, -0.05) is 6.42 Å². The van der Waals surface area contributed by atoms with Crippen LogP contribution in [-0.4, -0.2) is 22.4 Å². The van der Waals surface area contributed by atoms with E-state index >= 15 is 0 Å². The predicted octanol–water partition coefficient (Wildman–Crippen LogP) is 4.00. The molecule has 0 saturated heterocycles. The minimum absolute atomic E-state index is 0.391. The minimum Gasteiger partial charge on any atom is -0.444 e. The van der Waals surface area contributed by atoms with Crippen molar-refractivity contribution in [1.29, 1.82) is 0 Å². The molecule has 1 heterocycles. The summed E-state index contributed by atoms with van der Waals surface area (Å²) in [5.74, 6) is 2.08. The van der Waals surface area contributed by atoms with Crippen LogP contribution < -0.4 is 5.32 Å². The van der Waals surface area contributed by atoms with E-state index in [9.17, 15) is 4.79 Å². The molecule has 1 aliphatic rings. The molecule has 1 N–H and O–H groups in total. The molecule has 5 heteroatoms. The van der Waals surface area contributed by atoms with Gasteiger partial charge in [0.25, 0.3) is 0 Å². The summed E-state index contributed by atoms with van der Waals surface area (Å²) in [7, 11) is 0. The Labute approximate surface area is 131 Å². The van der Waals surface area contributed by atoms with Crippen LogP contribution >= 0.6 is 11.8 Å². The quantitative estimate of drug-likeness (QED) is 0.835. The Kier molecular flexibility index (Phi) is 5.51. The van der Waals surface area contributed by atoms with Crippen molar-refractivity contribution in [3.63, 3.8) is 0 Å². The first-order chi connectivity index (χ1) is 9.92. The number of nitrogens with one attached hydrogen (secondary N) is 1. The second kappa shape index (κ2) is 7.16. The molecule has 4 nitrogen and oxygen atoms in total. The van der Waals surface area contributed by atoms with Crippen molar-refractivity contribution < 1.29 is 9.53 Å². The number of hydrogen-bond donors (Lipinski definition) is 1. The summed E-state index contributed by atoms with van der Waals surface area (Å²) in [4.78, 5) is 17.1. The highest BCUT2D eigenvalue weighted by Crippen LogP contribution is 2.32. The van der Waals surface area contributed by atoms with Crippen molar-refractivity contribution in [2.75, 3.05) is 5.75 Å².